The molecule has 2 aromatic rings. The van der Waals surface area contributed by atoms with Gasteiger partial charge in [0.25, 0.3) is 5.91 Å². The quantitative estimate of drug-likeness (QED) is 0.182. The van der Waals surface area contributed by atoms with Crippen LogP contribution in [0.1, 0.15) is 41.3 Å². The standard InChI is InChI=1S/C31H34N4O9/c1-5-13-6-8-14(9-7-13)33-30(43)34-16-11-10-15-12(2)17-19(24(37)18(15)23(16)36)27(40)31(44)21(25(17)38)22(35(3)4)26(39)20(28(31)41)29(32)42/h6-12,17,21-22,25,36,38-40,44H,5H2,1-4H3,(H2,32,42)(H2,33,34,43). The summed E-state index contributed by atoms with van der Waals surface area (Å²) in [6.45, 7) is 3.62. The van der Waals surface area contributed by atoms with Crippen LogP contribution >= 0.6 is 0 Å². The molecule has 0 spiro atoms. The molecular weight excluding hydrogens is 572 g/mol. The van der Waals surface area contributed by atoms with E-state index < -0.39 is 87.4 Å². The van der Waals surface area contributed by atoms with Crippen LogP contribution in [0.2, 0.25) is 0 Å². The van der Waals surface area contributed by atoms with E-state index in [2.05, 4.69) is 10.6 Å². The number of likely N-dealkylation sites (N-methyl/N-ethyl adjacent to an activating group) is 1. The molecule has 6 unspecified atom stereocenters. The van der Waals surface area contributed by atoms with Crippen LogP contribution in [0.3, 0.4) is 0 Å². The minimum atomic E-state index is -3.01. The topological polar surface area (TPSA) is 223 Å². The van der Waals surface area contributed by atoms with Gasteiger partial charge in [0.15, 0.2) is 17.1 Å². The number of nitrogens with one attached hydrogen (secondary N) is 2. The SMILES string of the molecule is CCc1ccc(NC(=O)Nc2ccc3c(c2O)C(=O)C2=C(O)C4(O)C(=O)C(C(N)=O)=C(O)C(N(C)C)C4C(O)C2C3C)cc1. The molecule has 0 fully saturated rings. The third kappa shape index (κ3) is 4.34. The fourth-order valence-electron chi connectivity index (χ4n) is 6.83. The highest BCUT2D eigenvalue weighted by Gasteiger charge is 2.67. The molecule has 0 saturated carbocycles. The Morgan fingerprint density at radius 2 is 1.66 bits per heavy atom. The minimum absolute atomic E-state index is 0.135. The maximum absolute atomic E-state index is 14.0. The molecule has 0 saturated heterocycles. The van der Waals surface area contributed by atoms with E-state index in [4.69, 9.17) is 5.73 Å². The molecule has 44 heavy (non-hydrogen) atoms. The fourth-order valence-corrected chi connectivity index (χ4v) is 6.83. The van der Waals surface area contributed by atoms with E-state index in [0.29, 0.717) is 5.69 Å². The maximum atomic E-state index is 14.0. The zero-order valence-corrected chi connectivity index (χ0v) is 24.5. The van der Waals surface area contributed by atoms with Crippen LogP contribution in [0, 0.1) is 11.8 Å². The molecule has 232 valence electrons. The lowest BCUT2D eigenvalue weighted by Gasteiger charge is -2.53. The molecule has 6 atom stereocenters. The number of primary amides is 1. The summed E-state index contributed by atoms with van der Waals surface area (Å²) < 4.78 is 0. The molecule has 2 aromatic carbocycles. The van der Waals surface area contributed by atoms with Gasteiger partial charge in [0.1, 0.15) is 17.1 Å². The third-order valence-electron chi connectivity index (χ3n) is 9.00. The van der Waals surface area contributed by atoms with Crippen molar-refractivity contribution < 1.29 is 44.7 Å². The number of aliphatic hydroxyl groups excluding tert-OH is 3. The van der Waals surface area contributed by atoms with E-state index >= 15 is 0 Å². The van der Waals surface area contributed by atoms with Crippen LogP contribution in [0.5, 0.6) is 5.75 Å². The first kappa shape index (κ1) is 30.7. The molecule has 9 N–H and O–H groups in total. The molecule has 0 bridgehead atoms. The van der Waals surface area contributed by atoms with Crippen LogP contribution in [0.4, 0.5) is 16.2 Å². The maximum Gasteiger partial charge on any atom is 0.323 e. The molecule has 5 rings (SSSR count). The van der Waals surface area contributed by atoms with Gasteiger partial charge in [-0.1, -0.05) is 32.0 Å². The number of phenolic OH excluding ortho intramolecular Hbond substituents is 1. The number of benzene rings is 2. The molecule has 0 aliphatic heterocycles. The average Bonchev–Trinajstić information content (AvgIpc) is 2.96. The number of phenols is 1. The van der Waals surface area contributed by atoms with E-state index in [1.807, 2.05) is 19.1 Å². The van der Waals surface area contributed by atoms with Crippen molar-refractivity contribution in [3.05, 3.63) is 75.8 Å². The number of urea groups is 1. The van der Waals surface area contributed by atoms with Gasteiger partial charge >= 0.3 is 6.03 Å². The lowest BCUT2D eigenvalue weighted by molar-refractivity contribution is -0.162. The number of amides is 3. The fraction of sp³-hybridized carbons (Fsp3) is 0.355. The summed E-state index contributed by atoms with van der Waals surface area (Å²) in [4.78, 5) is 53.7. The predicted octanol–water partition coefficient (Wildman–Crippen LogP) is 1.86. The van der Waals surface area contributed by atoms with Crippen LogP contribution in [0.15, 0.2) is 59.1 Å². The summed E-state index contributed by atoms with van der Waals surface area (Å²) in [5.41, 5.74) is 2.22. The Balaban J connectivity index is 1.58. The zero-order chi connectivity index (χ0) is 32.4. The van der Waals surface area contributed by atoms with E-state index in [0.717, 1.165) is 12.0 Å². The number of carbonyl (C=O) groups is 4. The lowest BCUT2D eigenvalue weighted by atomic mass is 9.55. The summed E-state index contributed by atoms with van der Waals surface area (Å²) >= 11 is 0. The second kappa shape index (κ2) is 10.8. The summed E-state index contributed by atoms with van der Waals surface area (Å²) in [5.74, 6) is -9.94. The Hall–Kier alpha value is -4.72. The zero-order valence-electron chi connectivity index (χ0n) is 24.5. The first-order valence-electron chi connectivity index (χ1n) is 14.0. The number of aryl methyl sites for hydroxylation is 1. The molecule has 0 aromatic heterocycles. The number of carbonyl (C=O) groups excluding carboxylic acids is 4. The van der Waals surface area contributed by atoms with Crippen molar-refractivity contribution in [1.82, 2.24) is 4.90 Å². The number of aliphatic hydroxyl groups is 4. The van der Waals surface area contributed by atoms with Crippen LogP contribution in [0.25, 0.3) is 0 Å². The van der Waals surface area contributed by atoms with Crippen molar-refractivity contribution in [1.29, 1.82) is 0 Å². The third-order valence-corrected chi connectivity index (χ3v) is 9.00. The van der Waals surface area contributed by atoms with Gasteiger partial charge in [0.2, 0.25) is 5.78 Å². The van der Waals surface area contributed by atoms with Crippen LogP contribution < -0.4 is 16.4 Å². The van der Waals surface area contributed by atoms with Crippen LogP contribution in [-0.4, -0.2) is 85.8 Å². The molecule has 13 nitrogen and oxygen atoms in total. The number of rotatable bonds is 5. The number of hydrogen-bond acceptors (Lipinski definition) is 10. The number of nitrogens with two attached hydrogens (primary N) is 1. The van der Waals surface area contributed by atoms with Crippen molar-refractivity contribution >= 4 is 34.9 Å². The van der Waals surface area contributed by atoms with Crippen molar-refractivity contribution in [3.8, 4) is 5.75 Å². The number of nitrogens with zero attached hydrogens (tertiary/aromatic N) is 1. The highest BCUT2D eigenvalue weighted by Crippen LogP contribution is 2.56. The molecule has 3 amide bonds. The number of fused-ring (bicyclic) bond motifs is 3. The second-order valence-corrected chi connectivity index (χ2v) is 11.6. The Morgan fingerprint density at radius 3 is 2.23 bits per heavy atom. The molecular formula is C31H34N4O9. The van der Waals surface area contributed by atoms with E-state index in [1.165, 1.54) is 31.1 Å². The summed E-state index contributed by atoms with van der Waals surface area (Å²) in [5, 5.41) is 62.2. The van der Waals surface area contributed by atoms with Crippen molar-refractivity contribution in [3.63, 3.8) is 0 Å². The largest absolute Gasteiger partial charge is 0.510 e. The highest BCUT2D eigenvalue weighted by molar-refractivity contribution is 6.25. The number of anilines is 2. The Bertz CT molecular complexity index is 1660. The van der Waals surface area contributed by atoms with Crippen LogP contribution in [-0.2, 0) is 16.0 Å². The Morgan fingerprint density at radius 1 is 1.02 bits per heavy atom. The van der Waals surface area contributed by atoms with Gasteiger partial charge < -0.3 is 41.9 Å². The highest BCUT2D eigenvalue weighted by atomic mass is 16.4. The van der Waals surface area contributed by atoms with Gasteiger partial charge in [-0.25, -0.2) is 4.79 Å². The van der Waals surface area contributed by atoms with Crippen molar-refractivity contribution in [2.75, 3.05) is 24.7 Å². The summed E-state index contributed by atoms with van der Waals surface area (Å²) in [6, 6.07) is 7.94. The lowest BCUT2D eigenvalue weighted by Crippen LogP contribution is -2.68. The second-order valence-electron chi connectivity index (χ2n) is 11.6. The number of ketones is 2. The van der Waals surface area contributed by atoms with Gasteiger partial charge in [-0.15, -0.1) is 0 Å². The smallest absolute Gasteiger partial charge is 0.323 e. The molecule has 0 radical (unpaired) electrons. The number of hydrogen-bond donors (Lipinski definition) is 8. The average molecular weight is 607 g/mol. The first-order chi connectivity index (χ1) is 20.7. The molecule has 3 aliphatic carbocycles. The molecule has 0 heterocycles. The van der Waals surface area contributed by atoms with Gasteiger partial charge in [-0.3, -0.25) is 19.3 Å². The van der Waals surface area contributed by atoms with E-state index in [1.54, 1.807) is 19.1 Å². The normalized spacial score (nSPS) is 27.9. The summed E-state index contributed by atoms with van der Waals surface area (Å²) in [6.07, 6.45) is -0.879. The monoisotopic (exact) mass is 606 g/mol. The van der Waals surface area contributed by atoms with Crippen molar-refractivity contribution in [2.45, 2.75) is 43.9 Å². The minimum Gasteiger partial charge on any atom is -0.510 e. The van der Waals surface area contributed by atoms with Crippen molar-refractivity contribution in [2.24, 2.45) is 17.6 Å². The molecule has 13 heteroatoms. The van der Waals surface area contributed by atoms with Gasteiger partial charge in [0, 0.05) is 17.2 Å². The summed E-state index contributed by atoms with van der Waals surface area (Å²) in [7, 11) is 2.93. The van der Waals surface area contributed by atoms with E-state index in [-0.39, 0.29) is 16.8 Å². The Labute approximate surface area is 252 Å². The van der Waals surface area contributed by atoms with Gasteiger partial charge in [-0.2, -0.15) is 0 Å². The van der Waals surface area contributed by atoms with E-state index in [9.17, 15) is 44.7 Å². The van der Waals surface area contributed by atoms with Gasteiger partial charge in [-0.05, 0) is 55.8 Å². The number of aromatic hydroxyl groups is 1. The predicted molar refractivity (Wildman–Crippen MR) is 158 cm³/mol. The number of Topliss-reactive ketones (excluding diaryl/α,β-unsaturated/α-hetero) is 2. The van der Waals surface area contributed by atoms with Gasteiger partial charge in [0.05, 0.1) is 29.3 Å². The molecule has 3 aliphatic rings. The first-order valence-corrected chi connectivity index (χ1v) is 14.0. The Kier molecular flexibility index (Phi) is 7.52.